The Balaban J connectivity index is 1.92. The lowest BCUT2D eigenvalue weighted by Crippen LogP contribution is -2.51. The van der Waals surface area contributed by atoms with Crippen molar-refractivity contribution in [2.24, 2.45) is 0 Å². The van der Waals surface area contributed by atoms with E-state index in [0.29, 0.717) is 12.0 Å². The minimum atomic E-state index is -0.741. The van der Waals surface area contributed by atoms with Gasteiger partial charge in [-0.2, -0.15) is 0 Å². The smallest absolute Gasteiger partial charge is 0.337 e. The summed E-state index contributed by atoms with van der Waals surface area (Å²) in [7, 11) is 2.67. The van der Waals surface area contributed by atoms with E-state index in [1.807, 2.05) is 24.3 Å². The number of carbonyl (C=O) groups is 3. The number of nitrogens with one attached hydrogen (secondary N) is 1. The number of fused-ring (bicyclic) bond motifs is 3. The summed E-state index contributed by atoms with van der Waals surface area (Å²) < 4.78 is 9.85. The lowest BCUT2D eigenvalue weighted by Gasteiger charge is -2.41. The van der Waals surface area contributed by atoms with Gasteiger partial charge in [0.15, 0.2) is 0 Å². The highest BCUT2D eigenvalue weighted by Crippen LogP contribution is 2.41. The topological polar surface area (TPSA) is 88.7 Å². The van der Waals surface area contributed by atoms with Crippen molar-refractivity contribution in [3.8, 4) is 0 Å². The Labute approximate surface area is 179 Å². The van der Waals surface area contributed by atoms with Gasteiger partial charge in [-0.3, -0.25) is 4.79 Å². The van der Waals surface area contributed by atoms with Crippen molar-refractivity contribution in [2.45, 2.75) is 31.8 Å². The molecule has 0 aliphatic carbocycles. The largest absolute Gasteiger partial charge is 0.467 e. The number of aromatic nitrogens is 1. The molecule has 4 rings (SSSR count). The summed E-state index contributed by atoms with van der Waals surface area (Å²) in [4.78, 5) is 42.7. The molecular weight excluding hydrogens is 396 g/mol. The third-order valence-electron chi connectivity index (χ3n) is 5.84. The van der Waals surface area contributed by atoms with Crippen LogP contribution in [0.25, 0.3) is 10.9 Å². The van der Waals surface area contributed by atoms with Crippen molar-refractivity contribution < 1.29 is 23.9 Å². The van der Waals surface area contributed by atoms with Crippen molar-refractivity contribution in [1.29, 1.82) is 0 Å². The molecule has 7 nitrogen and oxygen atoms in total. The summed E-state index contributed by atoms with van der Waals surface area (Å²) in [6.07, 6.45) is 0.619. The summed E-state index contributed by atoms with van der Waals surface area (Å²) >= 11 is 0. The summed E-state index contributed by atoms with van der Waals surface area (Å²) in [5, 5.41) is 1.02. The maximum atomic E-state index is 13.1. The van der Waals surface area contributed by atoms with Crippen molar-refractivity contribution in [1.82, 2.24) is 9.88 Å². The molecule has 1 amide bonds. The van der Waals surface area contributed by atoms with E-state index in [1.54, 1.807) is 36.1 Å². The normalized spacial score (nSPS) is 17.8. The number of rotatable bonds is 4. The van der Waals surface area contributed by atoms with Gasteiger partial charge in [0.05, 0.1) is 25.8 Å². The number of ether oxygens (including phenoxy) is 2. The van der Waals surface area contributed by atoms with Crippen LogP contribution in [-0.2, 0) is 25.5 Å². The van der Waals surface area contributed by atoms with Gasteiger partial charge in [-0.1, -0.05) is 37.3 Å². The van der Waals surface area contributed by atoms with Crippen LogP contribution in [0.3, 0.4) is 0 Å². The molecule has 1 N–H and O–H groups in total. The second-order valence-corrected chi connectivity index (χ2v) is 7.48. The molecule has 160 valence electrons. The molecule has 0 fully saturated rings. The van der Waals surface area contributed by atoms with E-state index < -0.39 is 24.0 Å². The zero-order valence-corrected chi connectivity index (χ0v) is 17.7. The molecule has 2 atom stereocenters. The predicted octanol–water partition coefficient (Wildman–Crippen LogP) is 3.38. The Morgan fingerprint density at radius 3 is 2.39 bits per heavy atom. The first-order valence-corrected chi connectivity index (χ1v) is 10.2. The van der Waals surface area contributed by atoms with E-state index in [9.17, 15) is 14.4 Å². The first-order chi connectivity index (χ1) is 15.0. The lowest BCUT2D eigenvalue weighted by molar-refractivity contribution is -0.155. The number of hydrogen-bond donors (Lipinski definition) is 1. The van der Waals surface area contributed by atoms with Crippen LogP contribution in [0.4, 0.5) is 0 Å². The lowest BCUT2D eigenvalue weighted by atomic mass is 9.87. The Morgan fingerprint density at radius 2 is 1.74 bits per heavy atom. The van der Waals surface area contributed by atoms with Crippen LogP contribution < -0.4 is 0 Å². The van der Waals surface area contributed by atoms with Gasteiger partial charge in [-0.15, -0.1) is 0 Å². The van der Waals surface area contributed by atoms with Gasteiger partial charge in [0.2, 0.25) is 5.91 Å². The summed E-state index contributed by atoms with van der Waals surface area (Å²) in [5.41, 5.74) is 4.01. The quantitative estimate of drug-likeness (QED) is 0.654. The molecular formula is C24H24N2O5. The Hall–Kier alpha value is -3.61. The maximum absolute atomic E-state index is 13.1. The number of benzene rings is 2. The first kappa shape index (κ1) is 20.7. The Bertz CT molecular complexity index is 1150. The molecule has 0 spiro atoms. The van der Waals surface area contributed by atoms with Crippen molar-refractivity contribution in [3.63, 3.8) is 0 Å². The maximum Gasteiger partial charge on any atom is 0.337 e. The van der Waals surface area contributed by atoms with Gasteiger partial charge in [-0.25, -0.2) is 9.59 Å². The van der Waals surface area contributed by atoms with Crippen LogP contribution in [0, 0.1) is 0 Å². The highest BCUT2D eigenvalue weighted by atomic mass is 16.5. The van der Waals surface area contributed by atoms with E-state index in [0.717, 1.165) is 27.7 Å². The second-order valence-electron chi connectivity index (χ2n) is 7.48. The molecule has 0 bridgehead atoms. The molecule has 1 aliphatic rings. The van der Waals surface area contributed by atoms with E-state index in [2.05, 4.69) is 4.98 Å². The summed E-state index contributed by atoms with van der Waals surface area (Å²) in [6.45, 7) is 1.77. The van der Waals surface area contributed by atoms with Gasteiger partial charge in [0.25, 0.3) is 0 Å². The standard InChI is InChI=1S/C24H24N2O5/c1-4-20(27)26-19(24(29)31-3)13-17-16-7-5-6-8-18(16)25-21(17)22(26)14-9-11-15(12-10-14)23(28)30-2/h5-12,19,22,25H,4,13H2,1-3H3/t19-,22+/m1/s1. The first-order valence-electron chi connectivity index (χ1n) is 10.2. The molecule has 0 saturated carbocycles. The number of hydrogen-bond acceptors (Lipinski definition) is 5. The zero-order valence-electron chi connectivity index (χ0n) is 17.7. The van der Waals surface area contributed by atoms with Crippen LogP contribution in [0.2, 0.25) is 0 Å². The average Bonchev–Trinajstić information content (AvgIpc) is 3.19. The SMILES string of the molecule is CCC(=O)N1[C@@H](c2ccc(C(=O)OC)cc2)c2[nH]c3ccccc3c2C[C@@H]1C(=O)OC. The van der Waals surface area contributed by atoms with Crippen LogP contribution in [0.15, 0.2) is 48.5 Å². The van der Waals surface area contributed by atoms with Crippen molar-refractivity contribution in [2.75, 3.05) is 14.2 Å². The zero-order chi connectivity index (χ0) is 22.1. The molecule has 2 aromatic carbocycles. The van der Waals surface area contributed by atoms with E-state index in [4.69, 9.17) is 9.47 Å². The molecule has 0 radical (unpaired) electrons. The van der Waals surface area contributed by atoms with Crippen LogP contribution in [0.1, 0.15) is 46.6 Å². The second kappa shape index (κ2) is 8.26. The Morgan fingerprint density at radius 1 is 1.03 bits per heavy atom. The molecule has 1 aliphatic heterocycles. The summed E-state index contributed by atoms with van der Waals surface area (Å²) in [6, 6.07) is 13.5. The minimum Gasteiger partial charge on any atom is -0.467 e. The van der Waals surface area contributed by atoms with Crippen LogP contribution in [-0.4, -0.2) is 48.0 Å². The van der Waals surface area contributed by atoms with Gasteiger partial charge >= 0.3 is 11.9 Å². The van der Waals surface area contributed by atoms with E-state index >= 15 is 0 Å². The summed E-state index contributed by atoms with van der Waals surface area (Å²) in [5.74, 6) is -1.04. The fourth-order valence-corrected chi connectivity index (χ4v) is 4.36. The van der Waals surface area contributed by atoms with Gasteiger partial charge in [0.1, 0.15) is 6.04 Å². The minimum absolute atomic E-state index is 0.151. The number of esters is 2. The molecule has 2 heterocycles. The molecule has 0 unspecified atom stereocenters. The molecule has 7 heteroatoms. The van der Waals surface area contributed by atoms with Crippen molar-refractivity contribution in [3.05, 3.63) is 70.9 Å². The number of aromatic amines is 1. The predicted molar refractivity (Wildman–Crippen MR) is 115 cm³/mol. The number of para-hydroxylation sites is 1. The van der Waals surface area contributed by atoms with E-state index in [-0.39, 0.29) is 12.3 Å². The number of nitrogens with zero attached hydrogens (tertiary/aromatic N) is 1. The number of methoxy groups -OCH3 is 2. The highest BCUT2D eigenvalue weighted by molar-refractivity contribution is 5.91. The van der Waals surface area contributed by atoms with Crippen molar-refractivity contribution >= 4 is 28.7 Å². The van der Waals surface area contributed by atoms with Gasteiger partial charge in [-0.05, 0) is 29.3 Å². The van der Waals surface area contributed by atoms with Gasteiger partial charge < -0.3 is 19.4 Å². The fourth-order valence-electron chi connectivity index (χ4n) is 4.36. The molecule has 31 heavy (non-hydrogen) atoms. The number of carbonyl (C=O) groups excluding carboxylic acids is 3. The van der Waals surface area contributed by atoms with Crippen LogP contribution >= 0.6 is 0 Å². The fraction of sp³-hybridized carbons (Fsp3) is 0.292. The molecule has 3 aromatic rings. The van der Waals surface area contributed by atoms with E-state index in [1.165, 1.54) is 14.2 Å². The third-order valence-corrected chi connectivity index (χ3v) is 5.84. The monoisotopic (exact) mass is 420 g/mol. The number of H-pyrrole nitrogens is 1. The molecule has 1 aromatic heterocycles. The third kappa shape index (κ3) is 3.46. The number of amides is 1. The Kier molecular flexibility index (Phi) is 5.50. The molecule has 0 saturated heterocycles. The average molecular weight is 420 g/mol. The van der Waals surface area contributed by atoms with Gasteiger partial charge in [0, 0.05) is 29.4 Å². The van der Waals surface area contributed by atoms with Crippen LogP contribution in [0.5, 0.6) is 0 Å². The highest BCUT2D eigenvalue weighted by Gasteiger charge is 2.43.